The van der Waals surface area contributed by atoms with Crippen LogP contribution in [-0.4, -0.2) is 32.4 Å². The molecule has 1 aromatic carbocycles. The van der Waals surface area contributed by atoms with Gasteiger partial charge in [0.05, 0.1) is 19.3 Å². The van der Waals surface area contributed by atoms with E-state index in [1.807, 2.05) is 0 Å². The van der Waals surface area contributed by atoms with Crippen molar-refractivity contribution in [2.45, 2.75) is 45.3 Å². The van der Waals surface area contributed by atoms with Gasteiger partial charge in [0.25, 0.3) is 0 Å². The Labute approximate surface area is 122 Å². The van der Waals surface area contributed by atoms with Crippen LogP contribution >= 0.6 is 0 Å². The average Bonchev–Trinajstić information content (AvgIpc) is 2.99. The van der Waals surface area contributed by atoms with E-state index in [4.69, 9.17) is 9.47 Å². The molecule has 3 heteroatoms. The van der Waals surface area contributed by atoms with Gasteiger partial charge in [-0.1, -0.05) is 38.1 Å². The topological polar surface area (TPSA) is 30.5 Å². The number of hydrogen-bond donors (Lipinski definition) is 1. The Balaban J connectivity index is 1.76. The van der Waals surface area contributed by atoms with Gasteiger partial charge in [-0.25, -0.2) is 0 Å². The third-order valence-electron chi connectivity index (χ3n) is 3.80. The van der Waals surface area contributed by atoms with Crippen LogP contribution in [-0.2, 0) is 16.1 Å². The Kier molecular flexibility index (Phi) is 6.51. The highest BCUT2D eigenvalue weighted by atomic mass is 16.5. The first-order chi connectivity index (χ1) is 9.79. The van der Waals surface area contributed by atoms with Crippen LogP contribution in [0.3, 0.4) is 0 Å². The Hall–Kier alpha value is -0.900. The molecule has 0 aliphatic carbocycles. The second-order valence-electron chi connectivity index (χ2n) is 5.64. The number of rotatable bonds is 8. The lowest BCUT2D eigenvalue weighted by atomic mass is 10.00. The number of hydrogen-bond acceptors (Lipinski definition) is 3. The van der Waals surface area contributed by atoms with Gasteiger partial charge in [0.1, 0.15) is 0 Å². The van der Waals surface area contributed by atoms with Crippen LogP contribution in [0.4, 0.5) is 0 Å². The maximum Gasteiger partial charge on any atom is 0.0834 e. The first kappa shape index (κ1) is 15.5. The molecule has 0 spiro atoms. The Bertz CT molecular complexity index is 371. The van der Waals surface area contributed by atoms with E-state index in [0.29, 0.717) is 12.5 Å². The fraction of sp³-hybridized carbons (Fsp3) is 0.647. The second kappa shape index (κ2) is 8.40. The van der Waals surface area contributed by atoms with Crippen molar-refractivity contribution in [1.82, 2.24) is 5.32 Å². The third kappa shape index (κ3) is 4.89. The molecule has 112 valence electrons. The Morgan fingerprint density at radius 2 is 2.15 bits per heavy atom. The van der Waals surface area contributed by atoms with Crippen molar-refractivity contribution in [2.24, 2.45) is 0 Å². The van der Waals surface area contributed by atoms with Gasteiger partial charge in [0.15, 0.2) is 0 Å². The second-order valence-corrected chi connectivity index (χ2v) is 5.64. The fourth-order valence-electron chi connectivity index (χ4n) is 2.41. The van der Waals surface area contributed by atoms with Gasteiger partial charge in [-0.15, -0.1) is 0 Å². The van der Waals surface area contributed by atoms with Gasteiger partial charge in [0, 0.05) is 13.2 Å². The molecule has 2 unspecified atom stereocenters. The zero-order chi connectivity index (χ0) is 14.2. The largest absolute Gasteiger partial charge is 0.379 e. The monoisotopic (exact) mass is 277 g/mol. The van der Waals surface area contributed by atoms with E-state index in [-0.39, 0.29) is 6.10 Å². The minimum absolute atomic E-state index is 0.284. The normalized spacial score (nSPS) is 20.2. The molecule has 0 radical (unpaired) electrons. The van der Waals surface area contributed by atoms with Crippen molar-refractivity contribution < 1.29 is 9.47 Å². The molecule has 3 nitrogen and oxygen atoms in total. The molecule has 0 saturated carbocycles. The molecule has 1 saturated heterocycles. The van der Waals surface area contributed by atoms with Crippen molar-refractivity contribution in [3.05, 3.63) is 35.4 Å². The van der Waals surface area contributed by atoms with Crippen LogP contribution in [0.5, 0.6) is 0 Å². The van der Waals surface area contributed by atoms with Crippen molar-refractivity contribution >= 4 is 0 Å². The molecule has 1 aliphatic rings. The minimum Gasteiger partial charge on any atom is -0.379 e. The summed E-state index contributed by atoms with van der Waals surface area (Å²) >= 11 is 0. The Morgan fingerprint density at radius 1 is 1.35 bits per heavy atom. The van der Waals surface area contributed by atoms with Crippen LogP contribution in [0.2, 0.25) is 0 Å². The first-order valence-corrected chi connectivity index (χ1v) is 7.78. The molecule has 0 bridgehead atoms. The van der Waals surface area contributed by atoms with E-state index in [9.17, 15) is 0 Å². The highest BCUT2D eigenvalue weighted by molar-refractivity contribution is 5.24. The summed E-state index contributed by atoms with van der Waals surface area (Å²) in [6.45, 7) is 8.88. The summed E-state index contributed by atoms with van der Waals surface area (Å²) in [6, 6.07) is 8.81. The van der Waals surface area contributed by atoms with Gasteiger partial charge >= 0.3 is 0 Å². The molecule has 20 heavy (non-hydrogen) atoms. The van der Waals surface area contributed by atoms with Crippen LogP contribution in [0, 0.1) is 0 Å². The van der Waals surface area contributed by atoms with Gasteiger partial charge in [-0.2, -0.15) is 0 Å². The van der Waals surface area contributed by atoms with Crippen molar-refractivity contribution in [3.63, 3.8) is 0 Å². The van der Waals surface area contributed by atoms with E-state index in [1.165, 1.54) is 17.5 Å². The predicted molar refractivity (Wildman–Crippen MR) is 82.0 cm³/mol. The van der Waals surface area contributed by atoms with Crippen LogP contribution in [0.15, 0.2) is 24.3 Å². The molecule has 1 fully saturated rings. The van der Waals surface area contributed by atoms with Crippen LogP contribution < -0.4 is 5.32 Å². The molecule has 2 rings (SSSR count). The smallest absolute Gasteiger partial charge is 0.0834 e. The fourth-order valence-corrected chi connectivity index (χ4v) is 2.41. The zero-order valence-electron chi connectivity index (χ0n) is 12.7. The molecule has 2 atom stereocenters. The first-order valence-electron chi connectivity index (χ1n) is 7.78. The Morgan fingerprint density at radius 3 is 2.80 bits per heavy atom. The average molecular weight is 277 g/mol. The van der Waals surface area contributed by atoms with Crippen LogP contribution in [0.25, 0.3) is 0 Å². The summed E-state index contributed by atoms with van der Waals surface area (Å²) < 4.78 is 11.1. The zero-order valence-corrected chi connectivity index (χ0v) is 12.7. The SMILES string of the molecule is CCCNCC(C)c1ccc(COC2CCOC2)cc1. The van der Waals surface area contributed by atoms with E-state index in [1.54, 1.807) is 0 Å². The highest BCUT2D eigenvalue weighted by Gasteiger charge is 2.15. The quantitative estimate of drug-likeness (QED) is 0.741. The number of nitrogens with one attached hydrogen (secondary N) is 1. The van der Waals surface area contributed by atoms with Gasteiger partial charge < -0.3 is 14.8 Å². The van der Waals surface area contributed by atoms with E-state index in [2.05, 4.69) is 43.4 Å². The van der Waals surface area contributed by atoms with Gasteiger partial charge in [-0.3, -0.25) is 0 Å². The maximum atomic E-state index is 5.83. The number of ether oxygens (including phenoxy) is 2. The van der Waals surface area contributed by atoms with Crippen molar-refractivity contribution in [1.29, 1.82) is 0 Å². The van der Waals surface area contributed by atoms with E-state index in [0.717, 1.165) is 32.7 Å². The molecule has 1 heterocycles. The summed E-state index contributed by atoms with van der Waals surface area (Å²) in [5.74, 6) is 0.555. The molecule has 1 aliphatic heterocycles. The van der Waals surface area contributed by atoms with E-state index < -0.39 is 0 Å². The third-order valence-corrected chi connectivity index (χ3v) is 3.80. The standard InChI is InChI=1S/C17H27NO2/c1-3-9-18-11-14(2)16-6-4-15(5-7-16)12-20-17-8-10-19-13-17/h4-7,14,17-18H,3,8-13H2,1-2H3. The summed E-state index contributed by atoms with van der Waals surface area (Å²) in [7, 11) is 0. The molecule has 0 aromatic heterocycles. The van der Waals surface area contributed by atoms with Gasteiger partial charge in [-0.05, 0) is 36.4 Å². The van der Waals surface area contributed by atoms with Crippen LogP contribution in [0.1, 0.15) is 43.7 Å². The summed E-state index contributed by atoms with van der Waals surface area (Å²) in [5, 5.41) is 3.47. The van der Waals surface area contributed by atoms with E-state index >= 15 is 0 Å². The molecule has 1 N–H and O–H groups in total. The molecular weight excluding hydrogens is 250 g/mol. The van der Waals surface area contributed by atoms with Crippen molar-refractivity contribution in [2.75, 3.05) is 26.3 Å². The summed E-state index contributed by atoms with van der Waals surface area (Å²) in [4.78, 5) is 0. The lowest BCUT2D eigenvalue weighted by Crippen LogP contribution is -2.20. The maximum absolute atomic E-state index is 5.83. The highest BCUT2D eigenvalue weighted by Crippen LogP contribution is 2.17. The lowest BCUT2D eigenvalue weighted by Gasteiger charge is -2.14. The molecular formula is C17H27NO2. The number of benzene rings is 1. The molecule has 1 aromatic rings. The minimum atomic E-state index is 0.284. The predicted octanol–water partition coefficient (Wildman–Crippen LogP) is 3.10. The van der Waals surface area contributed by atoms with Crippen molar-refractivity contribution in [3.8, 4) is 0 Å². The summed E-state index contributed by atoms with van der Waals surface area (Å²) in [6.07, 6.45) is 2.50. The molecule has 0 amide bonds. The lowest BCUT2D eigenvalue weighted by molar-refractivity contribution is 0.0317. The van der Waals surface area contributed by atoms with Gasteiger partial charge in [0.2, 0.25) is 0 Å². The summed E-state index contributed by atoms with van der Waals surface area (Å²) in [5.41, 5.74) is 2.64.